The Morgan fingerprint density at radius 2 is 0.604 bits per heavy atom. The SMILES string of the molecule is C(=C[Si](C1CCCCC1)(C1CCCCC1)C1CCCCC1)C1CCC(C=C[Si](C2CCCCC2)(C2CCCCC2)C2CCCCC2)NC1. The zero-order valence-corrected chi connectivity index (χ0v) is 33.8. The molecule has 1 aliphatic heterocycles. The lowest BCUT2D eigenvalue weighted by molar-refractivity contribution is 0.388. The van der Waals surface area contributed by atoms with Gasteiger partial charge in [0.05, 0.1) is 16.1 Å². The van der Waals surface area contributed by atoms with Gasteiger partial charge < -0.3 is 5.32 Å². The first-order valence-corrected chi connectivity index (χ1v) is 27.5. The summed E-state index contributed by atoms with van der Waals surface area (Å²) in [6.45, 7) is 1.25. The van der Waals surface area contributed by atoms with Crippen LogP contribution in [0, 0.1) is 5.92 Å². The Morgan fingerprint density at radius 3 is 0.875 bits per heavy atom. The monoisotopic (exact) mass is 690 g/mol. The van der Waals surface area contributed by atoms with E-state index in [1.807, 2.05) is 0 Å². The van der Waals surface area contributed by atoms with Crippen LogP contribution in [0.4, 0.5) is 0 Å². The summed E-state index contributed by atoms with van der Waals surface area (Å²) in [5.41, 5.74) is 12.9. The van der Waals surface area contributed by atoms with Gasteiger partial charge in [-0.15, -0.1) is 0 Å². The minimum Gasteiger partial charge on any atom is -0.310 e. The first kappa shape index (κ1) is 36.2. The van der Waals surface area contributed by atoms with Crippen LogP contribution in [0.5, 0.6) is 0 Å². The van der Waals surface area contributed by atoms with E-state index >= 15 is 0 Å². The molecule has 0 bridgehead atoms. The van der Waals surface area contributed by atoms with Crippen LogP contribution in [0.3, 0.4) is 0 Å². The minimum atomic E-state index is -1.52. The van der Waals surface area contributed by atoms with E-state index in [-0.39, 0.29) is 0 Å². The van der Waals surface area contributed by atoms with Crippen LogP contribution in [-0.4, -0.2) is 28.7 Å². The molecule has 6 saturated carbocycles. The Hall–Kier alpha value is -0.126. The van der Waals surface area contributed by atoms with Gasteiger partial charge in [0.1, 0.15) is 0 Å². The fourth-order valence-corrected chi connectivity index (χ4v) is 29.5. The van der Waals surface area contributed by atoms with Crippen molar-refractivity contribution in [3.8, 4) is 0 Å². The van der Waals surface area contributed by atoms with Crippen LogP contribution in [-0.2, 0) is 0 Å². The Labute approximate surface area is 301 Å². The van der Waals surface area contributed by atoms with E-state index in [1.54, 1.807) is 116 Å². The summed E-state index contributed by atoms with van der Waals surface area (Å²) in [4.78, 5) is 0. The molecule has 0 aromatic carbocycles. The topological polar surface area (TPSA) is 12.0 Å². The van der Waals surface area contributed by atoms with Gasteiger partial charge in [-0.25, -0.2) is 0 Å². The van der Waals surface area contributed by atoms with E-state index < -0.39 is 16.1 Å². The van der Waals surface area contributed by atoms with Crippen molar-refractivity contribution in [2.75, 3.05) is 6.54 Å². The maximum atomic E-state index is 4.23. The molecule has 1 saturated heterocycles. The van der Waals surface area contributed by atoms with E-state index in [0.717, 1.165) is 39.2 Å². The van der Waals surface area contributed by atoms with Crippen molar-refractivity contribution in [3.63, 3.8) is 0 Å². The van der Waals surface area contributed by atoms with Gasteiger partial charge >= 0.3 is 0 Å². The maximum Gasteiger partial charge on any atom is 0.0866 e. The summed E-state index contributed by atoms with van der Waals surface area (Å²) in [6, 6.07) is 0.648. The van der Waals surface area contributed by atoms with E-state index in [1.165, 1.54) is 96.4 Å². The third kappa shape index (κ3) is 8.24. The van der Waals surface area contributed by atoms with Crippen LogP contribution in [0.2, 0.25) is 33.2 Å². The molecule has 272 valence electrons. The molecule has 1 N–H and O–H groups in total. The second-order valence-electron chi connectivity index (χ2n) is 19.1. The van der Waals surface area contributed by atoms with Crippen LogP contribution in [0.1, 0.15) is 205 Å². The molecule has 3 heteroatoms. The molecule has 0 amide bonds. The van der Waals surface area contributed by atoms with Gasteiger partial charge in [0.2, 0.25) is 0 Å². The highest BCUT2D eigenvalue weighted by molar-refractivity contribution is 6.89. The van der Waals surface area contributed by atoms with Gasteiger partial charge in [-0.3, -0.25) is 0 Å². The van der Waals surface area contributed by atoms with Crippen LogP contribution < -0.4 is 5.32 Å². The molecule has 2 atom stereocenters. The molecule has 7 fully saturated rings. The number of rotatable bonds is 10. The van der Waals surface area contributed by atoms with E-state index in [4.69, 9.17) is 0 Å². The highest BCUT2D eigenvalue weighted by atomic mass is 28.3. The van der Waals surface area contributed by atoms with E-state index in [0.29, 0.717) is 6.04 Å². The molecule has 0 radical (unpaired) electrons. The van der Waals surface area contributed by atoms with Gasteiger partial charge in [-0.05, 0) is 52.0 Å². The van der Waals surface area contributed by atoms with Crippen LogP contribution in [0.25, 0.3) is 0 Å². The average molecular weight is 690 g/mol. The lowest BCUT2D eigenvalue weighted by Gasteiger charge is -2.52. The summed E-state index contributed by atoms with van der Waals surface area (Å²) in [5.74, 6) is 0.786. The quantitative estimate of drug-likeness (QED) is 0.225. The van der Waals surface area contributed by atoms with E-state index in [2.05, 4.69) is 28.9 Å². The highest BCUT2D eigenvalue weighted by Gasteiger charge is 2.52. The second kappa shape index (κ2) is 18.1. The Kier molecular flexibility index (Phi) is 13.6. The molecule has 48 heavy (non-hydrogen) atoms. The predicted molar refractivity (Wildman–Crippen MR) is 215 cm³/mol. The van der Waals surface area contributed by atoms with Crippen molar-refractivity contribution >= 4 is 16.1 Å². The maximum absolute atomic E-state index is 4.23. The lowest BCUT2D eigenvalue weighted by Crippen LogP contribution is -2.50. The number of hydrogen-bond donors (Lipinski definition) is 1. The molecule has 7 rings (SSSR count). The Bertz CT molecular complexity index is 803. The molecule has 0 aromatic rings. The smallest absolute Gasteiger partial charge is 0.0866 e. The highest BCUT2D eigenvalue weighted by Crippen LogP contribution is 2.59. The summed E-state index contributed by atoms with van der Waals surface area (Å²) in [5, 5.41) is 4.23. The van der Waals surface area contributed by atoms with Gasteiger partial charge in [-0.2, -0.15) is 0 Å². The fourth-order valence-electron chi connectivity index (χ4n) is 14.2. The van der Waals surface area contributed by atoms with Crippen molar-refractivity contribution in [3.05, 3.63) is 23.6 Å². The van der Waals surface area contributed by atoms with Crippen molar-refractivity contribution in [1.82, 2.24) is 5.32 Å². The molecule has 1 nitrogen and oxygen atoms in total. The lowest BCUT2D eigenvalue weighted by atomic mass is 9.95. The molecular weight excluding hydrogens is 611 g/mol. The van der Waals surface area contributed by atoms with Gasteiger partial charge in [0.25, 0.3) is 0 Å². The molecule has 0 aromatic heterocycles. The second-order valence-corrected chi connectivity index (χ2v) is 28.6. The zero-order valence-electron chi connectivity index (χ0n) is 31.8. The summed E-state index contributed by atoms with van der Waals surface area (Å²) in [7, 11) is -3.03. The normalized spacial score (nSPS) is 31.6. The van der Waals surface area contributed by atoms with Crippen LogP contribution >= 0.6 is 0 Å². The molecule has 0 spiro atoms. The molecule has 1 heterocycles. The standard InChI is InChI=1S/C45H79NSi2/c1-7-19-40(20-8-1)47(41-21-9-2-10-22-41,42-23-11-3-12-24-42)35-33-38-31-32-39(46-37-38)34-36-48(43-25-13-4-14-26-43,44-27-15-5-16-28-44)45-29-17-6-18-30-45/h33-36,38-46H,1-32,37H2. The first-order valence-electron chi connectivity index (χ1n) is 22.9. The van der Waals surface area contributed by atoms with Crippen molar-refractivity contribution in [2.45, 2.75) is 245 Å². The minimum absolute atomic E-state index is 0.648. The molecule has 7 aliphatic rings. The molecule has 2 unspecified atom stereocenters. The molecular formula is C45H79NSi2. The summed E-state index contributed by atoms with van der Waals surface area (Å²) in [6.07, 6.45) is 55.3. The van der Waals surface area contributed by atoms with Gasteiger partial charge in [0, 0.05) is 12.6 Å². The van der Waals surface area contributed by atoms with Gasteiger partial charge in [0.15, 0.2) is 0 Å². The molecule has 6 aliphatic carbocycles. The third-order valence-electron chi connectivity index (χ3n) is 16.6. The number of nitrogens with one attached hydrogen (secondary N) is 1. The Morgan fingerprint density at radius 1 is 0.312 bits per heavy atom. The largest absolute Gasteiger partial charge is 0.310 e. The summed E-state index contributed by atoms with van der Waals surface area (Å²) < 4.78 is 0. The third-order valence-corrected chi connectivity index (χ3v) is 30.1. The van der Waals surface area contributed by atoms with E-state index in [9.17, 15) is 0 Å². The van der Waals surface area contributed by atoms with Crippen LogP contribution in [0.15, 0.2) is 23.6 Å². The van der Waals surface area contributed by atoms with Crippen molar-refractivity contribution < 1.29 is 0 Å². The number of hydrogen-bond acceptors (Lipinski definition) is 1. The van der Waals surface area contributed by atoms with Crippen molar-refractivity contribution in [1.29, 1.82) is 0 Å². The number of piperidine rings is 1. The first-order chi connectivity index (χ1) is 23.8. The van der Waals surface area contributed by atoms with Crippen molar-refractivity contribution in [2.24, 2.45) is 5.92 Å². The summed E-state index contributed by atoms with van der Waals surface area (Å²) >= 11 is 0. The predicted octanol–water partition coefficient (Wildman–Crippen LogP) is 14.4. The average Bonchev–Trinajstić information content (AvgIpc) is 3.18. The fraction of sp³-hybridized carbons (Fsp3) is 0.911. The van der Waals surface area contributed by atoms with Gasteiger partial charge in [-0.1, -0.05) is 216 Å². The zero-order chi connectivity index (χ0) is 32.5. The Balaban J connectivity index is 1.08.